The normalized spacial score (nSPS) is 16.9. The number of hydrogen-bond donors (Lipinski definition) is 1. The summed E-state index contributed by atoms with van der Waals surface area (Å²) in [4.78, 5) is 30.0. The van der Waals surface area contributed by atoms with Gasteiger partial charge in [0.25, 0.3) is 5.91 Å². The van der Waals surface area contributed by atoms with Crippen LogP contribution in [0.2, 0.25) is 0 Å². The maximum absolute atomic E-state index is 12.6. The number of amidine groups is 1. The second-order valence-electron chi connectivity index (χ2n) is 5.74. The molecule has 28 heavy (non-hydrogen) atoms. The van der Waals surface area contributed by atoms with Gasteiger partial charge in [0.2, 0.25) is 0 Å². The van der Waals surface area contributed by atoms with Crippen LogP contribution in [0.25, 0.3) is 6.08 Å². The van der Waals surface area contributed by atoms with Gasteiger partial charge >= 0.3 is 5.97 Å². The molecular formula is C19H14Br2N2O4S. The van der Waals surface area contributed by atoms with E-state index in [0.717, 1.165) is 14.5 Å². The summed E-state index contributed by atoms with van der Waals surface area (Å²) in [5.74, 6) is -0.477. The Kier molecular flexibility index (Phi) is 6.26. The van der Waals surface area contributed by atoms with Crippen LogP contribution >= 0.6 is 43.6 Å². The maximum Gasteiger partial charge on any atom is 0.335 e. The molecule has 144 valence electrons. The van der Waals surface area contributed by atoms with E-state index in [9.17, 15) is 9.59 Å². The summed E-state index contributed by atoms with van der Waals surface area (Å²) in [6.45, 7) is 0. The first-order valence-electron chi connectivity index (χ1n) is 7.93. The zero-order chi connectivity index (χ0) is 20.4. The monoisotopic (exact) mass is 524 g/mol. The van der Waals surface area contributed by atoms with Crippen molar-refractivity contribution in [1.29, 1.82) is 0 Å². The lowest BCUT2D eigenvalue weighted by molar-refractivity contribution is -0.121. The van der Waals surface area contributed by atoms with Crippen LogP contribution in [0.4, 0.5) is 5.69 Å². The third-order valence-corrected chi connectivity index (χ3v) is 6.10. The number of aromatic carboxylic acids is 1. The number of likely N-dealkylation sites (N-methyl/N-ethyl adjacent to an activating group) is 1. The molecule has 0 unspecified atom stereocenters. The van der Waals surface area contributed by atoms with Gasteiger partial charge in [-0.2, -0.15) is 0 Å². The second-order valence-corrected chi connectivity index (χ2v) is 8.46. The fourth-order valence-corrected chi connectivity index (χ4v) is 4.98. The molecule has 1 N–H and O–H groups in total. The van der Waals surface area contributed by atoms with Crippen molar-refractivity contribution in [3.05, 3.63) is 61.4 Å². The predicted octanol–water partition coefficient (Wildman–Crippen LogP) is 5.15. The molecule has 0 saturated carbocycles. The molecule has 0 bridgehead atoms. The molecule has 0 aliphatic carbocycles. The number of halogens is 2. The number of hydrogen-bond acceptors (Lipinski definition) is 5. The highest BCUT2D eigenvalue weighted by molar-refractivity contribution is 9.11. The Morgan fingerprint density at radius 2 is 1.82 bits per heavy atom. The van der Waals surface area contributed by atoms with Crippen LogP contribution in [0.3, 0.4) is 0 Å². The Bertz CT molecular complexity index is 996. The van der Waals surface area contributed by atoms with Crippen LogP contribution < -0.4 is 4.74 Å². The van der Waals surface area contributed by atoms with Crippen LogP contribution in [0, 0.1) is 0 Å². The Morgan fingerprint density at radius 3 is 2.36 bits per heavy atom. The number of carboxylic acid groups (broad SMARTS) is 1. The average Bonchev–Trinajstić information content (AvgIpc) is 2.90. The summed E-state index contributed by atoms with van der Waals surface area (Å²) in [5, 5.41) is 9.49. The minimum absolute atomic E-state index is 0.158. The Labute approximate surface area is 182 Å². The number of carboxylic acids is 1. The van der Waals surface area contributed by atoms with Crippen LogP contribution in [0.1, 0.15) is 15.9 Å². The lowest BCUT2D eigenvalue weighted by Crippen LogP contribution is -2.23. The summed E-state index contributed by atoms with van der Waals surface area (Å²) < 4.78 is 6.84. The average molecular weight is 526 g/mol. The van der Waals surface area contributed by atoms with E-state index in [1.54, 1.807) is 32.4 Å². The van der Waals surface area contributed by atoms with Gasteiger partial charge in [0.1, 0.15) is 5.75 Å². The summed E-state index contributed by atoms with van der Waals surface area (Å²) in [6.07, 6.45) is 1.79. The first-order valence-corrected chi connectivity index (χ1v) is 10.3. The number of carbonyl (C=O) groups is 2. The van der Waals surface area contributed by atoms with Gasteiger partial charge in [0.15, 0.2) is 5.17 Å². The van der Waals surface area contributed by atoms with Gasteiger partial charge in [-0.3, -0.25) is 9.69 Å². The number of nitrogens with zero attached hydrogens (tertiary/aromatic N) is 2. The molecule has 1 fully saturated rings. The van der Waals surface area contributed by atoms with Crippen molar-refractivity contribution in [3.63, 3.8) is 0 Å². The van der Waals surface area contributed by atoms with Gasteiger partial charge < -0.3 is 9.84 Å². The van der Waals surface area contributed by atoms with Crippen LogP contribution in [0.5, 0.6) is 5.75 Å². The molecule has 0 spiro atoms. The highest BCUT2D eigenvalue weighted by atomic mass is 79.9. The standard InChI is InChI=1S/C19H14Br2N2O4S/c1-23-17(24)15(9-10-7-13(20)16(27-2)14(21)8-10)28-19(23)22-12-5-3-11(4-6-12)18(25)26/h3-9H,1-2H3,(H,25,26)/b15-9-,22-19?. The fourth-order valence-electron chi connectivity index (χ4n) is 2.45. The Balaban J connectivity index is 1.89. The molecule has 0 radical (unpaired) electrons. The molecule has 9 heteroatoms. The van der Waals surface area contributed by atoms with Crippen molar-refractivity contribution >= 4 is 72.4 Å². The third-order valence-electron chi connectivity index (χ3n) is 3.87. The molecule has 1 amide bonds. The van der Waals surface area contributed by atoms with Crippen LogP contribution in [-0.4, -0.2) is 41.2 Å². The van der Waals surface area contributed by atoms with Gasteiger partial charge in [-0.15, -0.1) is 0 Å². The number of benzene rings is 2. The minimum atomic E-state index is -0.997. The molecule has 6 nitrogen and oxygen atoms in total. The Hall–Kier alpha value is -2.10. The van der Waals surface area contributed by atoms with E-state index >= 15 is 0 Å². The molecule has 1 saturated heterocycles. The molecule has 2 aromatic carbocycles. The molecule has 3 rings (SSSR count). The van der Waals surface area contributed by atoms with Gasteiger partial charge in [0, 0.05) is 7.05 Å². The quantitative estimate of drug-likeness (QED) is 0.558. The van der Waals surface area contributed by atoms with Crippen molar-refractivity contribution in [1.82, 2.24) is 4.90 Å². The summed E-state index contributed by atoms with van der Waals surface area (Å²) >= 11 is 8.17. The molecular weight excluding hydrogens is 512 g/mol. The van der Waals surface area contributed by atoms with Gasteiger partial charge in [-0.1, -0.05) is 0 Å². The number of amides is 1. The van der Waals surface area contributed by atoms with Crippen molar-refractivity contribution in [2.75, 3.05) is 14.2 Å². The third kappa shape index (κ3) is 4.31. The summed E-state index contributed by atoms with van der Waals surface area (Å²) in [7, 11) is 3.24. The van der Waals surface area contributed by atoms with E-state index in [2.05, 4.69) is 36.9 Å². The van der Waals surface area contributed by atoms with Crippen LogP contribution in [-0.2, 0) is 4.79 Å². The number of carbonyl (C=O) groups excluding carboxylic acids is 1. The highest BCUT2D eigenvalue weighted by Gasteiger charge is 2.30. The lowest BCUT2D eigenvalue weighted by atomic mass is 10.2. The van der Waals surface area contributed by atoms with Gasteiger partial charge in [-0.05, 0) is 91.7 Å². The van der Waals surface area contributed by atoms with Crippen LogP contribution in [0.15, 0.2) is 55.2 Å². The zero-order valence-corrected chi connectivity index (χ0v) is 18.8. The van der Waals surface area contributed by atoms with E-state index < -0.39 is 5.97 Å². The number of methoxy groups -OCH3 is 1. The summed E-state index contributed by atoms with van der Waals surface area (Å²) in [5.41, 5.74) is 1.59. The van der Waals surface area contributed by atoms with Gasteiger partial charge in [-0.25, -0.2) is 9.79 Å². The molecule has 2 aromatic rings. The lowest BCUT2D eigenvalue weighted by Gasteiger charge is -2.08. The molecule has 0 atom stereocenters. The SMILES string of the molecule is COc1c(Br)cc(/C=C2\SC(=Nc3ccc(C(=O)O)cc3)N(C)C2=O)cc1Br. The van der Waals surface area contributed by atoms with E-state index in [4.69, 9.17) is 9.84 Å². The first-order chi connectivity index (χ1) is 13.3. The van der Waals surface area contributed by atoms with E-state index in [1.165, 1.54) is 28.8 Å². The number of aliphatic imine (C=N–C) groups is 1. The topological polar surface area (TPSA) is 79.2 Å². The van der Waals surface area contributed by atoms with Crippen molar-refractivity contribution in [2.24, 2.45) is 4.99 Å². The smallest absolute Gasteiger partial charge is 0.335 e. The van der Waals surface area contributed by atoms with Gasteiger partial charge in [0.05, 0.1) is 32.2 Å². The second kappa shape index (κ2) is 8.50. The molecule has 1 heterocycles. The molecule has 0 aromatic heterocycles. The molecule has 1 aliphatic rings. The zero-order valence-electron chi connectivity index (χ0n) is 14.8. The Morgan fingerprint density at radius 1 is 1.21 bits per heavy atom. The predicted molar refractivity (Wildman–Crippen MR) is 117 cm³/mol. The first kappa shape index (κ1) is 20.6. The number of rotatable bonds is 4. The van der Waals surface area contributed by atoms with Crippen molar-refractivity contribution < 1.29 is 19.4 Å². The number of ether oxygens (including phenoxy) is 1. The highest BCUT2D eigenvalue weighted by Crippen LogP contribution is 2.37. The van der Waals surface area contributed by atoms with E-state index in [0.29, 0.717) is 21.5 Å². The largest absolute Gasteiger partial charge is 0.494 e. The van der Waals surface area contributed by atoms with Crippen molar-refractivity contribution in [3.8, 4) is 5.75 Å². The summed E-state index contributed by atoms with van der Waals surface area (Å²) in [6, 6.07) is 9.90. The molecule has 1 aliphatic heterocycles. The maximum atomic E-state index is 12.6. The van der Waals surface area contributed by atoms with E-state index in [1.807, 2.05) is 12.1 Å². The van der Waals surface area contributed by atoms with E-state index in [-0.39, 0.29) is 11.5 Å². The fraction of sp³-hybridized carbons (Fsp3) is 0.105. The minimum Gasteiger partial charge on any atom is -0.494 e. The number of thioether (sulfide) groups is 1. The van der Waals surface area contributed by atoms with Crippen molar-refractivity contribution in [2.45, 2.75) is 0 Å².